The number of piperazine rings is 1. The van der Waals surface area contributed by atoms with Crippen molar-refractivity contribution < 1.29 is 9.18 Å². The molecule has 6 nitrogen and oxygen atoms in total. The normalized spacial score (nSPS) is 14.7. The Hall–Kier alpha value is -3.09. The highest BCUT2D eigenvalue weighted by atomic mass is 19.1. The second-order valence-electron chi connectivity index (χ2n) is 6.30. The van der Waals surface area contributed by atoms with E-state index in [-0.39, 0.29) is 11.7 Å². The van der Waals surface area contributed by atoms with Gasteiger partial charge in [0.1, 0.15) is 11.6 Å². The Morgan fingerprint density at radius 1 is 1.12 bits per heavy atom. The SMILES string of the molecule is Cc1nc2cc(F)ccc2cc1C(=O)N1CCN(c2cnccn2)CC1. The minimum absolute atomic E-state index is 0.0416. The highest BCUT2D eigenvalue weighted by molar-refractivity contribution is 5.98. The number of pyridine rings is 1. The van der Waals surface area contributed by atoms with Gasteiger partial charge in [-0.15, -0.1) is 0 Å². The Balaban J connectivity index is 1.52. The van der Waals surface area contributed by atoms with Gasteiger partial charge in [0, 0.05) is 50.0 Å². The Morgan fingerprint density at radius 2 is 1.92 bits per heavy atom. The van der Waals surface area contributed by atoms with Gasteiger partial charge in [-0.2, -0.15) is 0 Å². The van der Waals surface area contributed by atoms with E-state index in [1.165, 1.54) is 12.1 Å². The average Bonchev–Trinajstić information content (AvgIpc) is 2.68. The van der Waals surface area contributed by atoms with Gasteiger partial charge in [0.2, 0.25) is 0 Å². The minimum Gasteiger partial charge on any atom is -0.352 e. The molecule has 1 aliphatic heterocycles. The van der Waals surface area contributed by atoms with Gasteiger partial charge in [-0.05, 0) is 25.1 Å². The van der Waals surface area contributed by atoms with E-state index in [9.17, 15) is 9.18 Å². The van der Waals surface area contributed by atoms with Crippen molar-refractivity contribution in [1.29, 1.82) is 0 Å². The van der Waals surface area contributed by atoms with E-state index in [1.54, 1.807) is 37.6 Å². The number of hydrogen-bond donors (Lipinski definition) is 0. The first-order valence-electron chi connectivity index (χ1n) is 8.49. The summed E-state index contributed by atoms with van der Waals surface area (Å²) in [7, 11) is 0. The summed E-state index contributed by atoms with van der Waals surface area (Å²) in [5, 5.41) is 0.763. The van der Waals surface area contributed by atoms with Crippen LogP contribution >= 0.6 is 0 Å². The molecule has 0 atom stereocenters. The monoisotopic (exact) mass is 351 g/mol. The number of rotatable bonds is 2. The number of hydrogen-bond acceptors (Lipinski definition) is 5. The summed E-state index contributed by atoms with van der Waals surface area (Å²) in [5.41, 5.74) is 1.74. The number of aromatic nitrogens is 3. The average molecular weight is 351 g/mol. The number of benzene rings is 1. The number of aryl methyl sites for hydroxylation is 1. The van der Waals surface area contributed by atoms with E-state index in [2.05, 4.69) is 19.9 Å². The van der Waals surface area contributed by atoms with Crippen LogP contribution < -0.4 is 4.90 Å². The number of halogens is 1. The second kappa shape index (κ2) is 6.67. The number of nitrogens with zero attached hydrogens (tertiary/aromatic N) is 5. The van der Waals surface area contributed by atoms with Crippen LogP contribution in [-0.2, 0) is 0 Å². The molecule has 0 aliphatic carbocycles. The summed E-state index contributed by atoms with van der Waals surface area (Å²) in [6.45, 7) is 4.41. The molecule has 3 heterocycles. The van der Waals surface area contributed by atoms with Crippen molar-refractivity contribution in [3.8, 4) is 0 Å². The van der Waals surface area contributed by atoms with Crippen LogP contribution in [0, 0.1) is 12.7 Å². The molecule has 1 aromatic carbocycles. The van der Waals surface area contributed by atoms with E-state index < -0.39 is 0 Å². The maximum absolute atomic E-state index is 13.4. The Kier molecular flexibility index (Phi) is 4.20. The lowest BCUT2D eigenvalue weighted by molar-refractivity contribution is 0.0745. The summed E-state index contributed by atoms with van der Waals surface area (Å²) < 4.78 is 13.4. The molecule has 0 radical (unpaired) electrons. The van der Waals surface area contributed by atoms with Crippen LogP contribution in [0.4, 0.5) is 10.2 Å². The van der Waals surface area contributed by atoms with Crippen LogP contribution in [-0.4, -0.2) is 51.9 Å². The third kappa shape index (κ3) is 3.08. The third-order valence-electron chi connectivity index (χ3n) is 4.64. The van der Waals surface area contributed by atoms with Crippen molar-refractivity contribution >= 4 is 22.6 Å². The topological polar surface area (TPSA) is 62.2 Å². The molecule has 132 valence electrons. The molecule has 2 aromatic heterocycles. The highest BCUT2D eigenvalue weighted by Crippen LogP contribution is 2.20. The first-order valence-corrected chi connectivity index (χ1v) is 8.49. The Bertz CT molecular complexity index is 955. The predicted octanol–water partition coefficient (Wildman–Crippen LogP) is 2.43. The first kappa shape index (κ1) is 16.4. The van der Waals surface area contributed by atoms with Crippen molar-refractivity contribution in [2.45, 2.75) is 6.92 Å². The smallest absolute Gasteiger partial charge is 0.255 e. The minimum atomic E-state index is -0.330. The molecule has 0 unspecified atom stereocenters. The lowest BCUT2D eigenvalue weighted by Gasteiger charge is -2.35. The van der Waals surface area contributed by atoms with E-state index in [0.29, 0.717) is 43.0 Å². The summed E-state index contributed by atoms with van der Waals surface area (Å²) in [6.07, 6.45) is 5.04. The number of amides is 1. The quantitative estimate of drug-likeness (QED) is 0.710. The lowest BCUT2D eigenvalue weighted by atomic mass is 10.1. The number of fused-ring (bicyclic) bond motifs is 1. The van der Waals surface area contributed by atoms with Gasteiger partial charge in [0.15, 0.2) is 0 Å². The van der Waals surface area contributed by atoms with Gasteiger partial charge < -0.3 is 9.80 Å². The summed E-state index contributed by atoms with van der Waals surface area (Å²) in [5.74, 6) is 0.453. The summed E-state index contributed by atoms with van der Waals surface area (Å²) >= 11 is 0. The van der Waals surface area contributed by atoms with E-state index >= 15 is 0 Å². The molecule has 0 bridgehead atoms. The van der Waals surface area contributed by atoms with Crippen molar-refractivity contribution in [2.75, 3.05) is 31.1 Å². The molecule has 3 aromatic rings. The number of carbonyl (C=O) groups is 1. The standard InChI is InChI=1S/C19H18FN5O/c1-13-16(10-14-2-3-15(20)11-17(14)23-13)19(26)25-8-6-24(7-9-25)18-12-21-4-5-22-18/h2-5,10-12H,6-9H2,1H3. The second-order valence-corrected chi connectivity index (χ2v) is 6.30. The zero-order valence-electron chi connectivity index (χ0n) is 14.4. The Morgan fingerprint density at radius 3 is 2.65 bits per heavy atom. The molecule has 0 spiro atoms. The van der Waals surface area contributed by atoms with Crippen LogP contribution in [0.1, 0.15) is 16.1 Å². The fourth-order valence-corrected chi connectivity index (χ4v) is 3.22. The molecule has 0 saturated carbocycles. The van der Waals surface area contributed by atoms with E-state index in [0.717, 1.165) is 11.2 Å². The fourth-order valence-electron chi connectivity index (χ4n) is 3.22. The summed E-state index contributed by atoms with van der Waals surface area (Å²) in [6, 6.07) is 6.22. The van der Waals surface area contributed by atoms with E-state index in [4.69, 9.17) is 0 Å². The molecule has 1 saturated heterocycles. The third-order valence-corrected chi connectivity index (χ3v) is 4.64. The van der Waals surface area contributed by atoms with Gasteiger partial charge >= 0.3 is 0 Å². The molecule has 1 fully saturated rings. The van der Waals surface area contributed by atoms with Crippen LogP contribution in [0.5, 0.6) is 0 Å². The first-order chi connectivity index (χ1) is 12.6. The van der Waals surface area contributed by atoms with Crippen molar-refractivity contribution in [3.63, 3.8) is 0 Å². The molecular weight excluding hydrogens is 333 g/mol. The maximum atomic E-state index is 13.4. The number of anilines is 1. The largest absolute Gasteiger partial charge is 0.352 e. The van der Waals surface area contributed by atoms with Gasteiger partial charge in [-0.3, -0.25) is 14.8 Å². The summed E-state index contributed by atoms with van der Waals surface area (Å²) in [4.78, 5) is 29.7. The zero-order valence-corrected chi connectivity index (χ0v) is 14.4. The molecule has 1 amide bonds. The van der Waals surface area contributed by atoms with Crippen molar-refractivity contribution in [2.24, 2.45) is 0 Å². The van der Waals surface area contributed by atoms with Gasteiger partial charge in [-0.25, -0.2) is 9.37 Å². The fraction of sp³-hybridized carbons (Fsp3) is 0.263. The number of carbonyl (C=O) groups excluding carboxylic acids is 1. The molecule has 7 heteroatoms. The van der Waals surface area contributed by atoms with Crippen LogP contribution in [0.3, 0.4) is 0 Å². The maximum Gasteiger partial charge on any atom is 0.255 e. The molecular formula is C19H18FN5O. The van der Waals surface area contributed by atoms with E-state index in [1.807, 2.05) is 4.90 Å². The van der Waals surface area contributed by atoms with Crippen molar-refractivity contribution in [1.82, 2.24) is 19.9 Å². The zero-order chi connectivity index (χ0) is 18.1. The Labute approximate surface area is 150 Å². The lowest BCUT2D eigenvalue weighted by Crippen LogP contribution is -2.49. The van der Waals surface area contributed by atoms with Gasteiger partial charge in [0.05, 0.1) is 23.0 Å². The van der Waals surface area contributed by atoms with Gasteiger partial charge in [-0.1, -0.05) is 0 Å². The predicted molar refractivity (Wildman–Crippen MR) is 96.6 cm³/mol. The molecule has 26 heavy (non-hydrogen) atoms. The van der Waals surface area contributed by atoms with Crippen LogP contribution in [0.15, 0.2) is 42.9 Å². The molecule has 0 N–H and O–H groups in total. The van der Waals surface area contributed by atoms with Crippen LogP contribution in [0.2, 0.25) is 0 Å². The molecule has 1 aliphatic rings. The van der Waals surface area contributed by atoms with Gasteiger partial charge in [0.25, 0.3) is 5.91 Å². The van der Waals surface area contributed by atoms with Crippen molar-refractivity contribution in [3.05, 3.63) is 59.9 Å². The molecule has 4 rings (SSSR count). The highest BCUT2D eigenvalue weighted by Gasteiger charge is 2.24. The van der Waals surface area contributed by atoms with Crippen LogP contribution in [0.25, 0.3) is 10.9 Å².